The van der Waals surface area contributed by atoms with Crippen molar-refractivity contribution in [1.29, 1.82) is 0 Å². The molecule has 0 aliphatic carbocycles. The largest absolute Gasteiger partial charge is 0.434 e. The number of nitrogens with zero attached hydrogens (tertiary/aromatic N) is 7. The summed E-state index contributed by atoms with van der Waals surface area (Å²) in [5.74, 6) is -0.503. The van der Waals surface area contributed by atoms with E-state index in [0.29, 0.717) is 24.7 Å². The van der Waals surface area contributed by atoms with Crippen LogP contribution in [0, 0.1) is 5.92 Å². The summed E-state index contributed by atoms with van der Waals surface area (Å²) in [6, 6.07) is 5.80. The number of piperidine rings is 1. The fourth-order valence-corrected chi connectivity index (χ4v) is 5.22. The second-order valence-electron chi connectivity index (χ2n) is 10.1. The molecule has 0 spiro atoms. The summed E-state index contributed by atoms with van der Waals surface area (Å²) in [6.07, 6.45) is 7.99. The number of amides is 2. The number of fused-ring (bicyclic) bond motifs is 1. The Bertz CT molecular complexity index is 1560. The third-order valence-electron chi connectivity index (χ3n) is 6.74. The van der Waals surface area contributed by atoms with Gasteiger partial charge in [0.25, 0.3) is 5.91 Å². The maximum Gasteiger partial charge on any atom is 0.387 e. The van der Waals surface area contributed by atoms with Gasteiger partial charge in [-0.1, -0.05) is 11.6 Å². The highest BCUT2D eigenvalue weighted by Gasteiger charge is 2.26. The van der Waals surface area contributed by atoms with E-state index in [2.05, 4.69) is 25.4 Å². The molecule has 1 saturated heterocycles. The van der Waals surface area contributed by atoms with Crippen LogP contribution in [0.5, 0.6) is 5.75 Å². The Morgan fingerprint density at radius 3 is 2.90 bits per heavy atom. The van der Waals surface area contributed by atoms with Gasteiger partial charge in [0, 0.05) is 48.8 Å². The van der Waals surface area contributed by atoms with E-state index in [1.54, 1.807) is 12.3 Å². The zero-order chi connectivity index (χ0) is 29.1. The normalized spacial score (nSPS) is 15.6. The molecule has 14 heteroatoms. The number of likely N-dealkylation sites (tertiary alicyclic amines) is 1. The lowest BCUT2D eigenvalue weighted by molar-refractivity contribution is -0.134. The number of nitrogens with one attached hydrogen (secondary N) is 1. The Labute approximate surface area is 239 Å². The van der Waals surface area contributed by atoms with Crippen LogP contribution in [0.25, 0.3) is 16.9 Å². The number of carbonyl (C=O) groups excluding carboxylic acids is 2. The molecule has 1 aliphatic rings. The predicted octanol–water partition coefficient (Wildman–Crippen LogP) is 3.90. The first-order valence-corrected chi connectivity index (χ1v) is 13.4. The number of ether oxygens (including phenoxy) is 1. The first kappa shape index (κ1) is 28.4. The Morgan fingerprint density at radius 1 is 1.29 bits per heavy atom. The summed E-state index contributed by atoms with van der Waals surface area (Å²) in [6.45, 7) is -1.05. The van der Waals surface area contributed by atoms with Gasteiger partial charge in [0.1, 0.15) is 23.6 Å². The highest BCUT2D eigenvalue weighted by molar-refractivity contribution is 6.31. The molecule has 1 aromatic carbocycles. The third-order valence-corrected chi connectivity index (χ3v) is 6.97. The van der Waals surface area contributed by atoms with Gasteiger partial charge in [-0.25, -0.2) is 9.50 Å². The molecule has 5 rings (SSSR count). The van der Waals surface area contributed by atoms with Crippen molar-refractivity contribution in [1.82, 2.24) is 34.2 Å². The van der Waals surface area contributed by atoms with Crippen LogP contribution >= 0.6 is 11.6 Å². The van der Waals surface area contributed by atoms with E-state index in [0.717, 1.165) is 19.4 Å². The Hall–Kier alpha value is -4.10. The molecule has 1 fully saturated rings. The van der Waals surface area contributed by atoms with Crippen molar-refractivity contribution in [3.8, 4) is 17.0 Å². The number of aromatic nitrogens is 5. The maximum atomic E-state index is 13.3. The number of rotatable bonds is 9. The highest BCUT2D eigenvalue weighted by atomic mass is 35.5. The van der Waals surface area contributed by atoms with E-state index in [1.807, 2.05) is 19.0 Å². The number of alkyl halides is 2. The minimum absolute atomic E-state index is 0.109. The van der Waals surface area contributed by atoms with Gasteiger partial charge >= 0.3 is 6.61 Å². The van der Waals surface area contributed by atoms with Crippen LogP contribution in [0.1, 0.15) is 23.2 Å². The van der Waals surface area contributed by atoms with Crippen molar-refractivity contribution >= 4 is 34.7 Å². The van der Waals surface area contributed by atoms with Gasteiger partial charge in [-0.2, -0.15) is 19.0 Å². The Morgan fingerprint density at radius 2 is 2.12 bits per heavy atom. The van der Waals surface area contributed by atoms with Gasteiger partial charge in [0.15, 0.2) is 5.65 Å². The number of halogens is 3. The second kappa shape index (κ2) is 12.2. The lowest BCUT2D eigenvalue weighted by atomic mass is 9.97. The van der Waals surface area contributed by atoms with Crippen molar-refractivity contribution in [2.45, 2.75) is 26.0 Å². The molecule has 41 heavy (non-hydrogen) atoms. The summed E-state index contributed by atoms with van der Waals surface area (Å²) in [7, 11) is 4.01. The predicted molar refractivity (Wildman–Crippen MR) is 148 cm³/mol. The van der Waals surface area contributed by atoms with Crippen LogP contribution in [-0.4, -0.2) is 86.3 Å². The van der Waals surface area contributed by atoms with E-state index >= 15 is 0 Å². The lowest BCUT2D eigenvalue weighted by Crippen LogP contribution is -2.44. The van der Waals surface area contributed by atoms with E-state index in [-0.39, 0.29) is 45.7 Å². The first-order chi connectivity index (χ1) is 19.7. The molecular formula is C27H29ClF2N8O3. The molecule has 0 unspecified atom stereocenters. The van der Waals surface area contributed by atoms with Crippen molar-refractivity contribution in [3.63, 3.8) is 0 Å². The molecule has 4 aromatic rings. The topological polar surface area (TPSA) is 110 Å². The zero-order valence-corrected chi connectivity index (χ0v) is 23.3. The fourth-order valence-electron chi connectivity index (χ4n) is 5.05. The number of anilines is 1. The van der Waals surface area contributed by atoms with Crippen molar-refractivity contribution in [2.24, 2.45) is 5.92 Å². The second-order valence-corrected chi connectivity index (χ2v) is 10.6. The molecule has 11 nitrogen and oxygen atoms in total. The molecule has 0 radical (unpaired) electrons. The van der Waals surface area contributed by atoms with Crippen LogP contribution in [0.15, 0.2) is 49.1 Å². The monoisotopic (exact) mass is 586 g/mol. The summed E-state index contributed by atoms with van der Waals surface area (Å²) >= 11 is 6.20. The van der Waals surface area contributed by atoms with Crippen LogP contribution in [0.4, 0.5) is 14.5 Å². The van der Waals surface area contributed by atoms with Crippen LogP contribution in [0.3, 0.4) is 0 Å². The average molecular weight is 587 g/mol. The zero-order valence-electron chi connectivity index (χ0n) is 22.5. The molecule has 3 aromatic heterocycles. The highest BCUT2D eigenvalue weighted by Crippen LogP contribution is 2.37. The van der Waals surface area contributed by atoms with E-state index < -0.39 is 12.5 Å². The molecule has 1 aliphatic heterocycles. The molecular weight excluding hydrogens is 558 g/mol. The minimum Gasteiger partial charge on any atom is -0.434 e. The van der Waals surface area contributed by atoms with Gasteiger partial charge in [-0.15, -0.1) is 0 Å². The van der Waals surface area contributed by atoms with Gasteiger partial charge in [0.05, 0.1) is 11.9 Å². The minimum atomic E-state index is -3.10. The fraction of sp³-hybridized carbons (Fsp3) is 0.370. The van der Waals surface area contributed by atoms with Crippen molar-refractivity contribution < 1.29 is 23.1 Å². The van der Waals surface area contributed by atoms with Crippen molar-refractivity contribution in [2.75, 3.05) is 39.0 Å². The summed E-state index contributed by atoms with van der Waals surface area (Å²) in [4.78, 5) is 34.7. The number of benzene rings is 1. The van der Waals surface area contributed by atoms with Gasteiger partial charge < -0.3 is 19.9 Å². The molecule has 1 atom stereocenters. The summed E-state index contributed by atoms with van der Waals surface area (Å²) < 4.78 is 34.0. The summed E-state index contributed by atoms with van der Waals surface area (Å²) in [5.41, 5.74) is 0.925. The van der Waals surface area contributed by atoms with E-state index in [9.17, 15) is 18.4 Å². The quantitative estimate of drug-likeness (QED) is 0.317. The number of hydrogen-bond donors (Lipinski definition) is 1. The Kier molecular flexibility index (Phi) is 8.45. The molecule has 1 N–H and O–H groups in total. The molecule has 4 heterocycles. The van der Waals surface area contributed by atoms with Crippen LogP contribution in [-0.2, 0) is 11.3 Å². The molecule has 216 valence electrons. The van der Waals surface area contributed by atoms with Gasteiger partial charge in [-0.3, -0.25) is 14.3 Å². The Balaban J connectivity index is 1.46. The summed E-state index contributed by atoms with van der Waals surface area (Å²) in [5, 5.41) is 11.7. The van der Waals surface area contributed by atoms with Crippen LogP contribution in [0.2, 0.25) is 5.02 Å². The third kappa shape index (κ3) is 6.63. The van der Waals surface area contributed by atoms with Crippen molar-refractivity contribution in [3.05, 3.63) is 59.6 Å². The lowest BCUT2D eigenvalue weighted by Gasteiger charge is -2.34. The maximum absolute atomic E-state index is 13.3. The standard InChI is InChI=1S/C27H29ClF2N8O3/c1-35(2)13-17-5-3-9-36(14-17)23(39)16-37-15-21(33-26(40)20-12-32-38-10-4-8-31-25(20)38)24(34-37)19-11-18(28)6-7-22(19)41-27(29)30/h4,6-8,10-12,15,17,27H,3,5,9,13-14,16H2,1-2H3,(H,33,40)/t17-/m1/s1. The molecule has 0 bridgehead atoms. The molecule has 2 amide bonds. The van der Waals surface area contributed by atoms with Gasteiger partial charge in [0.2, 0.25) is 5.91 Å². The smallest absolute Gasteiger partial charge is 0.387 e. The van der Waals surface area contributed by atoms with Crippen LogP contribution < -0.4 is 10.1 Å². The van der Waals surface area contributed by atoms with E-state index in [1.165, 1.54) is 46.0 Å². The number of carbonyl (C=O) groups is 2. The first-order valence-electron chi connectivity index (χ1n) is 13.0. The van der Waals surface area contributed by atoms with E-state index in [4.69, 9.17) is 16.3 Å². The average Bonchev–Trinajstić information content (AvgIpc) is 3.53. The van der Waals surface area contributed by atoms with Gasteiger partial charge in [-0.05, 0) is 57.1 Å². The molecule has 0 saturated carbocycles. The SMILES string of the molecule is CN(C)C[C@H]1CCCN(C(=O)Cn2cc(NC(=O)c3cnn4cccnc34)c(-c3cc(Cl)ccc3OC(F)F)n2)C1. The number of hydrogen-bond acceptors (Lipinski definition) is 7.